The third-order valence-corrected chi connectivity index (χ3v) is 4.42. The molecule has 0 spiro atoms. The van der Waals surface area contributed by atoms with E-state index in [-0.39, 0.29) is 17.6 Å². The molecule has 0 aliphatic heterocycles. The topological polar surface area (TPSA) is 0 Å². The average molecular weight is 339 g/mol. The monoisotopic (exact) mass is 338 g/mol. The summed E-state index contributed by atoms with van der Waals surface area (Å²) in [5.74, 6) is -0.472. The molecule has 0 nitrogen and oxygen atoms in total. The molecule has 3 heteroatoms. The second-order valence-corrected chi connectivity index (χ2v) is 5.74. The lowest BCUT2D eigenvalue weighted by Gasteiger charge is -2.16. The summed E-state index contributed by atoms with van der Waals surface area (Å²) < 4.78 is 26.9. The van der Waals surface area contributed by atoms with E-state index in [9.17, 15) is 8.78 Å². The van der Waals surface area contributed by atoms with Gasteiger partial charge in [0.2, 0.25) is 0 Å². The molecule has 0 aromatic heterocycles. The smallest absolute Gasteiger partial charge is 0.126 e. The van der Waals surface area contributed by atoms with Crippen molar-refractivity contribution >= 4 is 15.9 Å². The number of alkyl halides is 1. The van der Waals surface area contributed by atoms with Crippen LogP contribution in [-0.2, 0) is 12.8 Å². The summed E-state index contributed by atoms with van der Waals surface area (Å²) in [6.07, 6.45) is 1.39. The zero-order valence-corrected chi connectivity index (χ0v) is 13.0. The molecule has 0 saturated heterocycles. The summed E-state index contributed by atoms with van der Waals surface area (Å²) in [5, 5.41) is 0.761. The van der Waals surface area contributed by atoms with Gasteiger partial charge in [-0.1, -0.05) is 40.2 Å². The van der Waals surface area contributed by atoms with Gasteiger partial charge in [-0.2, -0.15) is 0 Å². The van der Waals surface area contributed by atoms with Crippen LogP contribution in [0.3, 0.4) is 0 Å². The fourth-order valence-corrected chi connectivity index (χ4v) is 2.80. The van der Waals surface area contributed by atoms with Gasteiger partial charge in [-0.05, 0) is 60.6 Å². The van der Waals surface area contributed by atoms with Crippen LogP contribution >= 0.6 is 15.9 Å². The first-order valence-corrected chi connectivity index (χ1v) is 7.76. The molecule has 2 aromatic carbocycles. The largest absolute Gasteiger partial charge is 0.207 e. The van der Waals surface area contributed by atoms with Crippen LogP contribution in [0.5, 0.6) is 0 Å². The molecule has 1 atom stereocenters. The van der Waals surface area contributed by atoms with Gasteiger partial charge in [0.15, 0.2) is 0 Å². The third kappa shape index (κ3) is 3.89. The summed E-state index contributed by atoms with van der Waals surface area (Å²) in [6.45, 7) is 2.07. The van der Waals surface area contributed by atoms with E-state index in [0.29, 0.717) is 12.0 Å². The highest BCUT2D eigenvalue weighted by molar-refractivity contribution is 9.09. The fourth-order valence-electron chi connectivity index (χ4n) is 2.34. The Morgan fingerprint density at radius 1 is 1.00 bits per heavy atom. The van der Waals surface area contributed by atoms with Crippen molar-refractivity contribution in [1.82, 2.24) is 0 Å². The quantitative estimate of drug-likeness (QED) is 0.667. The first-order valence-electron chi connectivity index (χ1n) is 6.64. The van der Waals surface area contributed by atoms with Gasteiger partial charge >= 0.3 is 0 Å². The molecule has 0 saturated carbocycles. The Balaban J connectivity index is 2.13. The molecule has 0 amide bonds. The molecule has 2 rings (SSSR count). The van der Waals surface area contributed by atoms with Crippen LogP contribution in [-0.4, -0.2) is 5.33 Å². The van der Waals surface area contributed by atoms with E-state index < -0.39 is 0 Å². The van der Waals surface area contributed by atoms with Crippen LogP contribution in [0.2, 0.25) is 0 Å². The fraction of sp³-hybridized carbons (Fsp3) is 0.294. The van der Waals surface area contributed by atoms with Gasteiger partial charge in [0.1, 0.15) is 11.6 Å². The van der Waals surface area contributed by atoms with Crippen molar-refractivity contribution in [2.45, 2.75) is 19.8 Å². The van der Waals surface area contributed by atoms with Crippen molar-refractivity contribution < 1.29 is 8.78 Å². The molecule has 106 valence electrons. The normalized spacial score (nSPS) is 12.4. The van der Waals surface area contributed by atoms with Crippen molar-refractivity contribution in [3.05, 3.63) is 70.8 Å². The lowest BCUT2D eigenvalue weighted by atomic mass is 9.92. The summed E-state index contributed by atoms with van der Waals surface area (Å²) in [6, 6.07) is 11.8. The predicted molar refractivity (Wildman–Crippen MR) is 82.2 cm³/mol. The Morgan fingerprint density at radius 3 is 2.40 bits per heavy atom. The molecule has 0 bridgehead atoms. The molecule has 0 aliphatic rings. The number of hydrogen-bond donors (Lipinski definition) is 0. The Kier molecular flexibility index (Phi) is 5.30. The van der Waals surface area contributed by atoms with Gasteiger partial charge in [0, 0.05) is 5.33 Å². The molecule has 0 aliphatic carbocycles. The summed E-state index contributed by atoms with van der Waals surface area (Å²) in [7, 11) is 0. The van der Waals surface area contributed by atoms with Crippen LogP contribution in [0.1, 0.15) is 16.7 Å². The van der Waals surface area contributed by atoms with E-state index in [1.807, 2.05) is 12.1 Å². The number of hydrogen-bond acceptors (Lipinski definition) is 0. The van der Waals surface area contributed by atoms with E-state index in [1.54, 1.807) is 0 Å². The zero-order chi connectivity index (χ0) is 14.5. The number of halogens is 3. The highest BCUT2D eigenvalue weighted by atomic mass is 79.9. The van der Waals surface area contributed by atoms with E-state index in [2.05, 4.69) is 35.0 Å². The maximum atomic E-state index is 13.7. The van der Waals surface area contributed by atoms with Gasteiger partial charge in [0.25, 0.3) is 0 Å². The van der Waals surface area contributed by atoms with Crippen molar-refractivity contribution in [2.24, 2.45) is 5.92 Å². The van der Waals surface area contributed by atoms with E-state index in [0.717, 1.165) is 17.8 Å². The minimum absolute atomic E-state index is 0.243. The second kappa shape index (κ2) is 6.98. The van der Waals surface area contributed by atoms with Crippen molar-refractivity contribution in [1.29, 1.82) is 0 Å². The Hall–Kier alpha value is -1.22. The van der Waals surface area contributed by atoms with E-state index in [1.165, 1.54) is 23.3 Å². The van der Waals surface area contributed by atoms with E-state index >= 15 is 0 Å². The molecule has 0 heterocycles. The molecule has 2 aromatic rings. The lowest BCUT2D eigenvalue weighted by Crippen LogP contribution is -2.12. The SMILES string of the molecule is Cc1ccccc1CC(CBr)Cc1cc(F)ccc1F. The van der Waals surface area contributed by atoms with Gasteiger partial charge in [0.05, 0.1) is 0 Å². The molecule has 1 unspecified atom stereocenters. The molecular formula is C17H17BrF2. The Labute approximate surface area is 127 Å². The summed E-state index contributed by atoms with van der Waals surface area (Å²) >= 11 is 3.48. The summed E-state index contributed by atoms with van der Waals surface area (Å²) in [4.78, 5) is 0. The van der Waals surface area contributed by atoms with E-state index in [4.69, 9.17) is 0 Å². The van der Waals surface area contributed by atoms with Gasteiger partial charge < -0.3 is 0 Å². The molecule has 0 fully saturated rings. The molecule has 20 heavy (non-hydrogen) atoms. The third-order valence-electron chi connectivity index (χ3n) is 3.50. The minimum Gasteiger partial charge on any atom is -0.207 e. The Morgan fingerprint density at radius 2 is 1.70 bits per heavy atom. The first-order chi connectivity index (χ1) is 9.60. The molecule has 0 N–H and O–H groups in total. The average Bonchev–Trinajstić information content (AvgIpc) is 2.44. The van der Waals surface area contributed by atoms with Crippen LogP contribution in [0, 0.1) is 24.5 Å². The van der Waals surface area contributed by atoms with Crippen molar-refractivity contribution in [3.63, 3.8) is 0 Å². The number of benzene rings is 2. The minimum atomic E-state index is -0.384. The standard InChI is InChI=1S/C17H17BrF2/c1-12-4-2-3-5-14(12)8-13(11-18)9-15-10-16(19)6-7-17(15)20/h2-7,10,13H,8-9,11H2,1H3. The van der Waals surface area contributed by atoms with Gasteiger partial charge in [-0.25, -0.2) is 8.78 Å². The highest BCUT2D eigenvalue weighted by Gasteiger charge is 2.14. The van der Waals surface area contributed by atoms with Gasteiger partial charge in [-0.3, -0.25) is 0 Å². The number of rotatable bonds is 5. The van der Waals surface area contributed by atoms with Crippen molar-refractivity contribution in [2.75, 3.05) is 5.33 Å². The van der Waals surface area contributed by atoms with Crippen LogP contribution in [0.4, 0.5) is 8.78 Å². The van der Waals surface area contributed by atoms with Crippen LogP contribution < -0.4 is 0 Å². The first kappa shape index (κ1) is 15.2. The maximum Gasteiger partial charge on any atom is 0.126 e. The van der Waals surface area contributed by atoms with Crippen LogP contribution in [0.15, 0.2) is 42.5 Å². The Bertz CT molecular complexity index is 581. The maximum absolute atomic E-state index is 13.7. The summed E-state index contributed by atoms with van der Waals surface area (Å²) in [5.41, 5.74) is 2.94. The highest BCUT2D eigenvalue weighted by Crippen LogP contribution is 2.21. The lowest BCUT2D eigenvalue weighted by molar-refractivity contribution is 0.539. The predicted octanol–water partition coefficient (Wildman–Crippen LogP) is 5.07. The molecular weight excluding hydrogens is 322 g/mol. The number of aryl methyl sites for hydroxylation is 1. The van der Waals surface area contributed by atoms with Crippen LogP contribution in [0.25, 0.3) is 0 Å². The van der Waals surface area contributed by atoms with Crippen molar-refractivity contribution in [3.8, 4) is 0 Å². The zero-order valence-electron chi connectivity index (χ0n) is 11.4. The second-order valence-electron chi connectivity index (χ2n) is 5.09. The van der Waals surface area contributed by atoms with Gasteiger partial charge in [-0.15, -0.1) is 0 Å². The molecule has 0 radical (unpaired) electrons.